The molecule has 0 unspecified atom stereocenters. The molecule has 2 atom stereocenters. The van der Waals surface area contributed by atoms with Crippen LogP contribution in [0.4, 0.5) is 0 Å². The first kappa shape index (κ1) is 43.1. The maximum Gasteiger partial charge on any atom is 0.253 e. The highest BCUT2D eigenvalue weighted by molar-refractivity contribution is 8.77. The molecular weight excluding hydrogens is 643 g/mol. The van der Waals surface area contributed by atoms with Gasteiger partial charge < -0.3 is 25.6 Å². The van der Waals surface area contributed by atoms with E-state index in [9.17, 15) is 14.7 Å². The first-order valence-corrected chi connectivity index (χ1v) is 19.2. The Balaban J connectivity index is 2.23. The van der Waals surface area contributed by atoms with E-state index < -0.39 is 17.5 Å². The highest BCUT2D eigenvalue weighted by Gasteiger charge is 2.32. The third-order valence-corrected chi connectivity index (χ3v) is 10.1. The summed E-state index contributed by atoms with van der Waals surface area (Å²) >= 11 is 0. The monoisotopic (exact) mass is 699 g/mol. The summed E-state index contributed by atoms with van der Waals surface area (Å²) in [4.78, 5) is 29.1. The molecule has 1 rings (SSSR count). The predicted octanol–water partition coefficient (Wildman–Crippen LogP) is 7.30. The van der Waals surface area contributed by atoms with Gasteiger partial charge in [0.1, 0.15) is 6.10 Å². The van der Waals surface area contributed by atoms with Crippen LogP contribution < -0.4 is 10.6 Å². The number of aromatic nitrogens is 1. The van der Waals surface area contributed by atoms with E-state index in [2.05, 4.69) is 89.4 Å². The van der Waals surface area contributed by atoms with Crippen LogP contribution in [0.3, 0.4) is 0 Å². The Bertz CT molecular complexity index is 1170. The molecule has 0 spiro atoms. The van der Waals surface area contributed by atoms with Crippen LogP contribution in [-0.4, -0.2) is 76.0 Å². The second kappa shape index (κ2) is 29.1. The molecule has 1 aromatic rings. The standard InChI is InChI=1S/C38H57N3O5S2/c1-4-5-6-7-8-9-10-11-12-13-14-15-16-17-18-19-20-21-22-25-36(44)40-27-28-47-48-38(2,3)35(32-46-31-34(43)30-42)41-37(45)33-24-23-26-39-29-33/h5-6,8-9,11-12,14-15,17-18,20-21,23-24,26,29,34-35,42-43H,4,7,10,13,16,19,22,25,27-28,30-32H2,1-3H3,(H,40,44)(H,41,45)/b6-5-,9-8-,12-11-,15-14-,18-17-,21-20-/t34-,35+/m0/s1. The van der Waals surface area contributed by atoms with Crippen LogP contribution in [-0.2, 0) is 9.53 Å². The SMILES string of the molecule is CC/C=C\C/C=C\C/C=C\C/C=C\C/C=C\C/C=C\CCC(=O)NCCSSC(C)(C)[C@@H](COC[C@@H](O)CO)NC(=O)c1cccnc1. The lowest BCUT2D eigenvalue weighted by molar-refractivity contribution is -0.120. The summed E-state index contributed by atoms with van der Waals surface area (Å²) in [6.45, 7) is 6.44. The van der Waals surface area contributed by atoms with Gasteiger partial charge in [-0.2, -0.15) is 0 Å². The van der Waals surface area contributed by atoms with E-state index >= 15 is 0 Å². The van der Waals surface area contributed by atoms with E-state index in [4.69, 9.17) is 9.84 Å². The van der Waals surface area contributed by atoms with Crippen molar-refractivity contribution < 1.29 is 24.5 Å². The van der Waals surface area contributed by atoms with Crippen LogP contribution >= 0.6 is 21.6 Å². The molecular formula is C38H57N3O5S2. The Morgan fingerprint density at radius 3 is 2.04 bits per heavy atom. The average Bonchev–Trinajstić information content (AvgIpc) is 3.08. The molecule has 8 nitrogen and oxygen atoms in total. The Labute approximate surface area is 296 Å². The molecule has 266 valence electrons. The lowest BCUT2D eigenvalue weighted by Gasteiger charge is -2.34. The highest BCUT2D eigenvalue weighted by Crippen LogP contribution is 2.38. The van der Waals surface area contributed by atoms with E-state index in [1.165, 1.54) is 6.20 Å². The van der Waals surface area contributed by atoms with Gasteiger partial charge in [0.25, 0.3) is 5.91 Å². The molecule has 0 aromatic carbocycles. The minimum atomic E-state index is -0.979. The predicted molar refractivity (Wildman–Crippen MR) is 204 cm³/mol. The molecule has 0 fully saturated rings. The van der Waals surface area contributed by atoms with Crippen molar-refractivity contribution in [2.24, 2.45) is 0 Å². The highest BCUT2D eigenvalue weighted by atomic mass is 33.1. The summed E-state index contributed by atoms with van der Waals surface area (Å²) in [6.07, 6.45) is 35.1. The number of aliphatic hydroxyl groups excluding tert-OH is 2. The van der Waals surface area contributed by atoms with E-state index in [0.29, 0.717) is 30.7 Å². The number of hydrogen-bond donors (Lipinski definition) is 4. The van der Waals surface area contributed by atoms with E-state index in [0.717, 1.165) is 38.5 Å². The van der Waals surface area contributed by atoms with Crippen LogP contribution in [0.5, 0.6) is 0 Å². The number of aliphatic hydroxyl groups is 2. The quantitative estimate of drug-likeness (QED) is 0.0429. The van der Waals surface area contributed by atoms with Gasteiger partial charge in [0.05, 0.1) is 31.4 Å². The lowest BCUT2D eigenvalue weighted by Crippen LogP contribution is -2.50. The molecule has 0 bridgehead atoms. The number of allylic oxidation sites excluding steroid dienone is 12. The minimum absolute atomic E-state index is 0.0249. The molecule has 48 heavy (non-hydrogen) atoms. The molecule has 1 aromatic heterocycles. The third kappa shape index (κ3) is 23.4. The van der Waals surface area contributed by atoms with E-state index in [-0.39, 0.29) is 31.1 Å². The zero-order valence-corrected chi connectivity index (χ0v) is 30.6. The van der Waals surface area contributed by atoms with Crippen molar-refractivity contribution in [1.82, 2.24) is 15.6 Å². The molecule has 4 N–H and O–H groups in total. The Morgan fingerprint density at radius 2 is 1.50 bits per heavy atom. The number of pyridine rings is 1. The summed E-state index contributed by atoms with van der Waals surface area (Å²) in [7, 11) is 3.21. The molecule has 0 aliphatic carbocycles. The Kier molecular flexibility index (Phi) is 26.1. The first-order chi connectivity index (χ1) is 23.3. The summed E-state index contributed by atoms with van der Waals surface area (Å²) in [5, 5.41) is 24.7. The molecule has 0 aliphatic rings. The van der Waals surface area contributed by atoms with Crippen molar-refractivity contribution >= 4 is 33.4 Å². The lowest BCUT2D eigenvalue weighted by atomic mass is 10.0. The third-order valence-electron chi connectivity index (χ3n) is 6.79. The Morgan fingerprint density at radius 1 is 0.917 bits per heavy atom. The van der Waals surface area contributed by atoms with Crippen molar-refractivity contribution in [2.75, 3.05) is 32.1 Å². The van der Waals surface area contributed by atoms with Gasteiger partial charge in [-0.15, -0.1) is 0 Å². The zero-order valence-electron chi connectivity index (χ0n) is 29.0. The largest absolute Gasteiger partial charge is 0.394 e. The fourth-order valence-corrected chi connectivity index (χ4v) is 6.53. The van der Waals surface area contributed by atoms with E-state index in [1.54, 1.807) is 39.9 Å². The number of carbonyl (C=O) groups is 2. The van der Waals surface area contributed by atoms with Gasteiger partial charge in [-0.1, -0.05) is 101 Å². The number of nitrogens with one attached hydrogen (secondary N) is 2. The number of carbonyl (C=O) groups excluding carboxylic acids is 2. The summed E-state index contributed by atoms with van der Waals surface area (Å²) in [5.74, 6) is 0.460. The van der Waals surface area contributed by atoms with Gasteiger partial charge >= 0.3 is 0 Å². The van der Waals surface area contributed by atoms with Crippen LogP contribution in [0.1, 0.15) is 82.5 Å². The molecule has 10 heteroatoms. The number of ether oxygens (including phenoxy) is 1. The maximum atomic E-state index is 12.8. The van der Waals surface area contributed by atoms with Gasteiger partial charge in [-0.3, -0.25) is 14.6 Å². The molecule has 0 aliphatic heterocycles. The molecule has 0 saturated heterocycles. The second-order valence-electron chi connectivity index (χ2n) is 11.5. The average molecular weight is 700 g/mol. The first-order valence-electron chi connectivity index (χ1n) is 16.8. The molecule has 1 heterocycles. The minimum Gasteiger partial charge on any atom is -0.394 e. The van der Waals surface area contributed by atoms with Crippen molar-refractivity contribution in [3.8, 4) is 0 Å². The fraction of sp³-hybridized carbons (Fsp3) is 0.500. The summed E-state index contributed by atoms with van der Waals surface area (Å²) in [6, 6.07) is 3.01. The molecule has 2 amide bonds. The van der Waals surface area contributed by atoms with Crippen molar-refractivity contribution in [3.63, 3.8) is 0 Å². The second-order valence-corrected chi connectivity index (χ2v) is 14.5. The van der Waals surface area contributed by atoms with Crippen LogP contribution in [0.25, 0.3) is 0 Å². The normalized spacial score (nSPS) is 13.9. The number of nitrogens with zero attached hydrogens (tertiary/aromatic N) is 1. The van der Waals surface area contributed by atoms with Gasteiger partial charge in [0, 0.05) is 35.9 Å². The molecule has 0 radical (unpaired) electrons. The maximum absolute atomic E-state index is 12.8. The van der Waals surface area contributed by atoms with Crippen molar-refractivity contribution in [1.29, 1.82) is 0 Å². The topological polar surface area (TPSA) is 121 Å². The number of rotatable bonds is 27. The number of hydrogen-bond acceptors (Lipinski definition) is 8. The summed E-state index contributed by atoms with van der Waals surface area (Å²) < 4.78 is 5.17. The Hall–Kier alpha value is -2.89. The van der Waals surface area contributed by atoms with Gasteiger partial charge in [-0.05, 0) is 70.9 Å². The van der Waals surface area contributed by atoms with Crippen LogP contribution in [0.15, 0.2) is 97.4 Å². The van der Waals surface area contributed by atoms with E-state index in [1.807, 2.05) is 19.9 Å². The van der Waals surface area contributed by atoms with Crippen molar-refractivity contribution in [3.05, 3.63) is 103 Å². The van der Waals surface area contributed by atoms with Gasteiger partial charge in [0.15, 0.2) is 0 Å². The molecule has 0 saturated carbocycles. The van der Waals surface area contributed by atoms with Gasteiger partial charge in [-0.25, -0.2) is 0 Å². The number of amides is 2. The smallest absolute Gasteiger partial charge is 0.253 e. The van der Waals surface area contributed by atoms with Gasteiger partial charge in [0.2, 0.25) is 5.91 Å². The van der Waals surface area contributed by atoms with Crippen LogP contribution in [0, 0.1) is 0 Å². The van der Waals surface area contributed by atoms with Crippen LogP contribution in [0.2, 0.25) is 0 Å². The zero-order chi connectivity index (χ0) is 35.1. The van der Waals surface area contributed by atoms with Crippen molar-refractivity contribution in [2.45, 2.75) is 89.0 Å². The summed E-state index contributed by atoms with van der Waals surface area (Å²) in [5.41, 5.74) is 0.443. The fourth-order valence-electron chi connectivity index (χ4n) is 3.96.